The van der Waals surface area contributed by atoms with Crippen LogP contribution in [0.1, 0.15) is 27.3 Å². The molecular weight excluding hydrogens is 339 g/mol. The van der Waals surface area contributed by atoms with E-state index in [1.54, 1.807) is 12.1 Å². The minimum Gasteiger partial charge on any atom is -0.351 e. The Morgan fingerprint density at radius 2 is 1.92 bits per heavy atom. The zero-order valence-electron chi connectivity index (χ0n) is 13.4. The van der Waals surface area contributed by atoms with E-state index < -0.39 is 5.51 Å². The van der Waals surface area contributed by atoms with Crippen molar-refractivity contribution in [2.75, 3.05) is 12.3 Å². The second-order valence-corrected chi connectivity index (χ2v) is 6.49. The van der Waals surface area contributed by atoms with Crippen LogP contribution in [-0.2, 0) is 6.54 Å². The zero-order valence-corrected chi connectivity index (χ0v) is 14.2. The lowest BCUT2D eigenvalue weighted by molar-refractivity contribution is -0.0327. The Kier molecular flexibility index (Phi) is 5.93. The Balaban J connectivity index is 1.87. The molecule has 1 heterocycles. The van der Waals surface area contributed by atoms with Crippen LogP contribution in [-0.4, -0.2) is 33.5 Å². The second-order valence-electron chi connectivity index (χ2n) is 5.33. The second kappa shape index (κ2) is 7.74. The van der Waals surface area contributed by atoms with E-state index in [1.165, 1.54) is 0 Å². The van der Waals surface area contributed by atoms with Crippen LogP contribution in [0, 0.1) is 13.8 Å². The number of amides is 1. The van der Waals surface area contributed by atoms with Crippen LogP contribution in [0.3, 0.4) is 0 Å². The molecule has 0 aliphatic heterocycles. The summed E-state index contributed by atoms with van der Waals surface area (Å²) in [5.41, 5.74) is -0.860. The van der Waals surface area contributed by atoms with Gasteiger partial charge < -0.3 is 5.32 Å². The number of carbonyl (C=O) groups excluding carboxylic acids is 1. The van der Waals surface area contributed by atoms with E-state index in [0.29, 0.717) is 12.1 Å². The number of aromatic nitrogens is 2. The van der Waals surface area contributed by atoms with Gasteiger partial charge in [-0.05, 0) is 49.4 Å². The van der Waals surface area contributed by atoms with Gasteiger partial charge in [0.15, 0.2) is 0 Å². The molecule has 0 fully saturated rings. The summed E-state index contributed by atoms with van der Waals surface area (Å²) >= 11 is -0.147. The third kappa shape index (κ3) is 5.59. The number of halogens is 3. The average molecular weight is 357 g/mol. The average Bonchev–Trinajstić information content (AvgIpc) is 2.81. The molecule has 1 N–H and O–H groups in total. The summed E-state index contributed by atoms with van der Waals surface area (Å²) < 4.78 is 37.9. The first-order valence-electron chi connectivity index (χ1n) is 7.33. The monoisotopic (exact) mass is 357 g/mol. The molecule has 8 heteroatoms. The summed E-state index contributed by atoms with van der Waals surface area (Å²) in [5, 5.41) is 6.85. The van der Waals surface area contributed by atoms with Crippen molar-refractivity contribution in [1.29, 1.82) is 0 Å². The summed E-state index contributed by atoms with van der Waals surface area (Å²) in [6.07, 6.45) is 0. The highest BCUT2D eigenvalue weighted by molar-refractivity contribution is 8.00. The molecular formula is C16H18F3N3OS. The summed E-state index contributed by atoms with van der Waals surface area (Å²) in [6, 6.07) is 8.94. The molecule has 0 aliphatic rings. The zero-order chi connectivity index (χ0) is 17.7. The molecule has 0 spiro atoms. The van der Waals surface area contributed by atoms with Gasteiger partial charge in [0.2, 0.25) is 0 Å². The number of aryl methyl sites for hydroxylation is 2. The van der Waals surface area contributed by atoms with E-state index in [-0.39, 0.29) is 30.0 Å². The van der Waals surface area contributed by atoms with Crippen LogP contribution in [0.25, 0.3) is 0 Å². The SMILES string of the molecule is Cc1cc(C)n(Cc2ccc(C(=O)NCCSC(F)(F)F)cc2)n1. The van der Waals surface area contributed by atoms with Crippen molar-refractivity contribution in [2.24, 2.45) is 0 Å². The minimum atomic E-state index is -4.27. The summed E-state index contributed by atoms with van der Waals surface area (Å²) in [7, 11) is 0. The lowest BCUT2D eigenvalue weighted by Crippen LogP contribution is -2.26. The number of benzene rings is 1. The van der Waals surface area contributed by atoms with Crippen molar-refractivity contribution < 1.29 is 18.0 Å². The number of hydrogen-bond acceptors (Lipinski definition) is 3. The number of nitrogens with zero attached hydrogens (tertiary/aromatic N) is 2. The highest BCUT2D eigenvalue weighted by atomic mass is 32.2. The largest absolute Gasteiger partial charge is 0.441 e. The van der Waals surface area contributed by atoms with Crippen molar-refractivity contribution in [2.45, 2.75) is 25.9 Å². The van der Waals surface area contributed by atoms with Gasteiger partial charge in [-0.25, -0.2) is 0 Å². The predicted octanol–water partition coefficient (Wildman–Crippen LogP) is 3.53. The first-order chi connectivity index (χ1) is 11.2. The van der Waals surface area contributed by atoms with Gasteiger partial charge in [-0.2, -0.15) is 18.3 Å². The quantitative estimate of drug-likeness (QED) is 0.805. The third-order valence-corrected chi connectivity index (χ3v) is 4.04. The fourth-order valence-corrected chi connectivity index (χ4v) is 2.64. The fourth-order valence-electron chi connectivity index (χ4n) is 2.20. The number of rotatable bonds is 6. The summed E-state index contributed by atoms with van der Waals surface area (Å²) in [5.74, 6) is -0.582. The van der Waals surface area contributed by atoms with Crippen LogP contribution < -0.4 is 5.32 Å². The molecule has 1 amide bonds. The van der Waals surface area contributed by atoms with Crippen molar-refractivity contribution in [3.63, 3.8) is 0 Å². The normalized spacial score (nSPS) is 11.5. The lowest BCUT2D eigenvalue weighted by Gasteiger charge is -2.08. The maximum absolute atomic E-state index is 12.0. The summed E-state index contributed by atoms with van der Waals surface area (Å²) in [6.45, 7) is 4.47. The van der Waals surface area contributed by atoms with Gasteiger partial charge in [-0.1, -0.05) is 12.1 Å². The van der Waals surface area contributed by atoms with E-state index in [4.69, 9.17) is 0 Å². The van der Waals surface area contributed by atoms with Crippen LogP contribution in [0.4, 0.5) is 13.2 Å². The molecule has 2 rings (SSSR count). The maximum Gasteiger partial charge on any atom is 0.441 e. The molecule has 1 aromatic carbocycles. The molecule has 0 saturated carbocycles. The Morgan fingerprint density at radius 1 is 1.25 bits per heavy atom. The number of thioether (sulfide) groups is 1. The van der Waals surface area contributed by atoms with Gasteiger partial charge in [-0.3, -0.25) is 9.48 Å². The van der Waals surface area contributed by atoms with Gasteiger partial charge in [0.1, 0.15) is 0 Å². The predicted molar refractivity (Wildman–Crippen MR) is 88.1 cm³/mol. The molecule has 4 nitrogen and oxygen atoms in total. The third-order valence-electron chi connectivity index (χ3n) is 3.31. The smallest absolute Gasteiger partial charge is 0.351 e. The van der Waals surface area contributed by atoms with Crippen molar-refractivity contribution in [1.82, 2.24) is 15.1 Å². The Labute approximate surface area is 142 Å². The van der Waals surface area contributed by atoms with Gasteiger partial charge in [0.25, 0.3) is 5.91 Å². The summed E-state index contributed by atoms with van der Waals surface area (Å²) in [4.78, 5) is 11.9. The molecule has 0 aliphatic carbocycles. The highest BCUT2D eigenvalue weighted by Crippen LogP contribution is 2.29. The maximum atomic E-state index is 12.0. The fraction of sp³-hybridized carbons (Fsp3) is 0.375. The number of alkyl halides is 3. The number of nitrogens with one attached hydrogen (secondary N) is 1. The molecule has 24 heavy (non-hydrogen) atoms. The topological polar surface area (TPSA) is 46.9 Å². The van der Waals surface area contributed by atoms with Crippen LogP contribution >= 0.6 is 11.8 Å². The van der Waals surface area contributed by atoms with E-state index >= 15 is 0 Å². The Morgan fingerprint density at radius 3 is 2.46 bits per heavy atom. The van der Waals surface area contributed by atoms with Crippen LogP contribution in [0.5, 0.6) is 0 Å². The van der Waals surface area contributed by atoms with Crippen molar-refractivity contribution >= 4 is 17.7 Å². The molecule has 0 radical (unpaired) electrons. The molecule has 130 valence electrons. The van der Waals surface area contributed by atoms with Gasteiger partial charge in [0.05, 0.1) is 12.2 Å². The van der Waals surface area contributed by atoms with Gasteiger partial charge >= 0.3 is 5.51 Å². The molecule has 0 unspecified atom stereocenters. The van der Waals surface area contributed by atoms with E-state index in [1.807, 2.05) is 36.7 Å². The Bertz CT molecular complexity index is 696. The lowest BCUT2D eigenvalue weighted by atomic mass is 10.1. The minimum absolute atomic E-state index is 0.0312. The first kappa shape index (κ1) is 18.4. The van der Waals surface area contributed by atoms with Crippen LogP contribution in [0.15, 0.2) is 30.3 Å². The Hall–Kier alpha value is -1.96. The van der Waals surface area contributed by atoms with Crippen LogP contribution in [0.2, 0.25) is 0 Å². The standard InChI is InChI=1S/C16H18F3N3OS/c1-11-9-12(2)22(21-11)10-13-3-5-14(6-4-13)15(23)20-7-8-24-16(17,18)19/h3-6,9H,7-8,10H2,1-2H3,(H,20,23). The van der Waals surface area contributed by atoms with Crippen molar-refractivity contribution in [3.05, 3.63) is 52.8 Å². The van der Waals surface area contributed by atoms with E-state index in [2.05, 4.69) is 10.4 Å². The van der Waals surface area contributed by atoms with Gasteiger partial charge in [-0.15, -0.1) is 0 Å². The molecule has 0 saturated heterocycles. The highest BCUT2D eigenvalue weighted by Gasteiger charge is 2.27. The number of carbonyl (C=O) groups is 1. The molecule has 0 atom stereocenters. The molecule has 1 aromatic heterocycles. The molecule has 0 bridgehead atoms. The first-order valence-corrected chi connectivity index (χ1v) is 8.32. The van der Waals surface area contributed by atoms with E-state index in [9.17, 15) is 18.0 Å². The molecule has 2 aromatic rings. The number of hydrogen-bond donors (Lipinski definition) is 1. The van der Waals surface area contributed by atoms with Crippen molar-refractivity contribution in [3.8, 4) is 0 Å². The van der Waals surface area contributed by atoms with Gasteiger partial charge in [0, 0.05) is 23.6 Å². The van der Waals surface area contributed by atoms with E-state index in [0.717, 1.165) is 17.0 Å².